The molecule has 0 saturated carbocycles. The summed E-state index contributed by atoms with van der Waals surface area (Å²) in [4.78, 5) is 4.43. The number of aryl methyl sites for hydroxylation is 2. The van der Waals surface area contributed by atoms with E-state index in [4.69, 9.17) is 11.6 Å². The van der Waals surface area contributed by atoms with E-state index in [-0.39, 0.29) is 0 Å². The largest absolute Gasteiger partial charge is 0.281 e. The molecule has 0 unspecified atom stereocenters. The molecule has 0 amide bonds. The van der Waals surface area contributed by atoms with Crippen molar-refractivity contribution in [3.63, 3.8) is 0 Å². The van der Waals surface area contributed by atoms with Crippen molar-refractivity contribution in [2.24, 2.45) is 10.2 Å². The summed E-state index contributed by atoms with van der Waals surface area (Å²) in [5, 5.41) is 9.23. The number of halogens is 1. The monoisotopic (exact) mass is 284 g/mol. The summed E-state index contributed by atoms with van der Waals surface area (Å²) in [6.07, 6.45) is 1.79. The van der Waals surface area contributed by atoms with E-state index >= 15 is 0 Å². The van der Waals surface area contributed by atoms with Crippen LogP contribution in [-0.4, -0.2) is 9.38 Å². The molecule has 0 aliphatic rings. The van der Waals surface area contributed by atoms with Crippen LogP contribution in [0.1, 0.15) is 11.3 Å². The van der Waals surface area contributed by atoms with Gasteiger partial charge in [-0.15, -0.1) is 10.2 Å². The Morgan fingerprint density at radius 2 is 1.95 bits per heavy atom. The van der Waals surface area contributed by atoms with Crippen LogP contribution in [0.15, 0.2) is 52.8 Å². The molecule has 4 nitrogen and oxygen atoms in total. The Hall–Kier alpha value is -2.20. The van der Waals surface area contributed by atoms with Crippen LogP contribution in [0.2, 0.25) is 5.02 Å². The molecule has 0 atom stereocenters. The molecule has 0 aliphatic carbocycles. The zero-order chi connectivity index (χ0) is 14.1. The highest BCUT2D eigenvalue weighted by Crippen LogP contribution is 2.25. The molecular weight excluding hydrogens is 272 g/mol. The van der Waals surface area contributed by atoms with Crippen LogP contribution in [0.3, 0.4) is 0 Å². The lowest BCUT2D eigenvalue weighted by molar-refractivity contribution is 1.09. The Kier molecular flexibility index (Phi) is 3.24. The van der Waals surface area contributed by atoms with Gasteiger partial charge in [-0.25, -0.2) is 4.98 Å². The van der Waals surface area contributed by atoms with Gasteiger partial charge in [0.1, 0.15) is 5.65 Å². The number of imidazole rings is 1. The zero-order valence-corrected chi connectivity index (χ0v) is 12.0. The van der Waals surface area contributed by atoms with Gasteiger partial charge in [-0.2, -0.15) is 0 Å². The normalized spacial score (nSPS) is 11.6. The van der Waals surface area contributed by atoms with Crippen LogP contribution >= 0.6 is 11.6 Å². The highest BCUT2D eigenvalue weighted by molar-refractivity contribution is 6.30. The van der Waals surface area contributed by atoms with E-state index in [2.05, 4.69) is 15.2 Å². The molecule has 0 fully saturated rings. The second-order valence-corrected chi connectivity index (χ2v) is 5.07. The molecule has 2 heterocycles. The Labute approximate surface area is 121 Å². The van der Waals surface area contributed by atoms with E-state index < -0.39 is 0 Å². The maximum atomic E-state index is 6.02. The number of aromatic nitrogens is 2. The Morgan fingerprint density at radius 3 is 2.75 bits per heavy atom. The fourth-order valence-corrected chi connectivity index (χ4v) is 2.20. The highest BCUT2D eigenvalue weighted by Gasteiger charge is 2.08. The number of nitrogens with zero attached hydrogens (tertiary/aromatic N) is 4. The highest BCUT2D eigenvalue weighted by atomic mass is 35.5. The van der Waals surface area contributed by atoms with Crippen molar-refractivity contribution >= 4 is 28.8 Å². The van der Waals surface area contributed by atoms with E-state index in [0.29, 0.717) is 10.8 Å². The minimum atomic E-state index is 0.641. The summed E-state index contributed by atoms with van der Waals surface area (Å²) in [6, 6.07) is 11.6. The summed E-state index contributed by atoms with van der Waals surface area (Å²) in [5.74, 6) is 0.698. The van der Waals surface area contributed by atoms with Gasteiger partial charge < -0.3 is 0 Å². The average molecular weight is 285 g/mol. The van der Waals surface area contributed by atoms with Gasteiger partial charge in [0.25, 0.3) is 0 Å². The lowest BCUT2D eigenvalue weighted by Gasteiger charge is -1.98. The first-order valence-corrected chi connectivity index (χ1v) is 6.64. The predicted molar refractivity (Wildman–Crippen MR) is 80.3 cm³/mol. The van der Waals surface area contributed by atoms with Crippen molar-refractivity contribution in [1.82, 2.24) is 9.38 Å². The molecule has 0 spiro atoms. The van der Waals surface area contributed by atoms with E-state index in [1.165, 1.54) is 0 Å². The Morgan fingerprint density at radius 1 is 1.10 bits per heavy atom. The number of pyridine rings is 1. The van der Waals surface area contributed by atoms with Gasteiger partial charge in [0, 0.05) is 6.20 Å². The molecule has 100 valence electrons. The molecule has 0 N–H and O–H groups in total. The van der Waals surface area contributed by atoms with E-state index in [9.17, 15) is 0 Å². The van der Waals surface area contributed by atoms with Crippen molar-refractivity contribution in [2.75, 3.05) is 0 Å². The van der Waals surface area contributed by atoms with Gasteiger partial charge >= 0.3 is 0 Å². The third-order valence-electron chi connectivity index (χ3n) is 2.99. The third-order valence-corrected chi connectivity index (χ3v) is 3.21. The van der Waals surface area contributed by atoms with E-state index in [0.717, 1.165) is 22.6 Å². The average Bonchev–Trinajstić information content (AvgIpc) is 2.72. The van der Waals surface area contributed by atoms with Crippen LogP contribution < -0.4 is 0 Å². The van der Waals surface area contributed by atoms with Gasteiger partial charge in [0.2, 0.25) is 0 Å². The van der Waals surface area contributed by atoms with Crippen LogP contribution in [0.25, 0.3) is 5.65 Å². The molecule has 3 rings (SSSR count). The first-order chi connectivity index (χ1) is 9.63. The molecule has 0 radical (unpaired) electrons. The quantitative estimate of drug-likeness (QED) is 0.609. The molecular formula is C15H13ClN4. The first kappa shape index (κ1) is 12.8. The number of rotatable bonds is 2. The molecule has 0 bridgehead atoms. The summed E-state index contributed by atoms with van der Waals surface area (Å²) in [5.41, 5.74) is 3.61. The number of azo groups is 1. The van der Waals surface area contributed by atoms with Crippen LogP contribution in [0, 0.1) is 13.8 Å². The molecule has 1 aromatic carbocycles. The van der Waals surface area contributed by atoms with Crippen molar-refractivity contribution in [1.29, 1.82) is 0 Å². The Balaban J connectivity index is 2.06. The van der Waals surface area contributed by atoms with Gasteiger partial charge in [-0.3, -0.25) is 4.40 Å². The first-order valence-electron chi connectivity index (χ1n) is 6.26. The lowest BCUT2D eigenvalue weighted by atomic mass is 10.2. The maximum absolute atomic E-state index is 6.02. The number of hydrogen-bond acceptors (Lipinski definition) is 3. The van der Waals surface area contributed by atoms with Crippen molar-refractivity contribution in [3.05, 3.63) is 58.9 Å². The van der Waals surface area contributed by atoms with Crippen LogP contribution in [-0.2, 0) is 0 Å². The second kappa shape index (κ2) is 5.06. The topological polar surface area (TPSA) is 42.0 Å². The number of hydrogen-bond donors (Lipinski definition) is 0. The van der Waals surface area contributed by atoms with Gasteiger partial charge in [0.05, 0.1) is 16.4 Å². The predicted octanol–water partition coefficient (Wildman–Crippen LogP) is 5.02. The van der Waals surface area contributed by atoms with Crippen LogP contribution in [0.4, 0.5) is 11.5 Å². The summed E-state index contributed by atoms with van der Waals surface area (Å²) in [6.45, 7) is 3.93. The van der Waals surface area contributed by atoms with Crippen molar-refractivity contribution in [3.8, 4) is 0 Å². The SMILES string of the molecule is Cc1cccc(N=Nc2c(C)nc3ccc(Cl)cn23)c1. The van der Waals surface area contributed by atoms with Gasteiger partial charge in [-0.1, -0.05) is 23.7 Å². The maximum Gasteiger partial charge on any atom is 0.182 e. The molecule has 2 aromatic heterocycles. The van der Waals surface area contributed by atoms with Crippen molar-refractivity contribution < 1.29 is 0 Å². The third kappa shape index (κ3) is 2.42. The van der Waals surface area contributed by atoms with E-state index in [1.54, 1.807) is 6.20 Å². The molecule has 0 saturated heterocycles. The summed E-state index contributed by atoms with van der Waals surface area (Å²) < 4.78 is 1.84. The molecule has 5 heteroatoms. The Bertz CT molecular complexity index is 805. The summed E-state index contributed by atoms with van der Waals surface area (Å²) >= 11 is 6.02. The zero-order valence-electron chi connectivity index (χ0n) is 11.2. The molecule has 20 heavy (non-hydrogen) atoms. The van der Waals surface area contributed by atoms with Crippen molar-refractivity contribution in [2.45, 2.75) is 13.8 Å². The standard InChI is InChI=1S/C15H13ClN4/c1-10-4-3-5-13(8-10)18-19-15-11(2)17-14-7-6-12(16)9-20(14)15/h3-9H,1-2H3. The fraction of sp³-hybridized carbons (Fsp3) is 0.133. The fourth-order valence-electron chi connectivity index (χ4n) is 2.04. The smallest absolute Gasteiger partial charge is 0.182 e. The van der Waals surface area contributed by atoms with Crippen LogP contribution in [0.5, 0.6) is 0 Å². The minimum absolute atomic E-state index is 0.641. The van der Waals surface area contributed by atoms with Gasteiger partial charge in [-0.05, 0) is 43.7 Å². The number of fused-ring (bicyclic) bond motifs is 1. The molecule has 0 aliphatic heterocycles. The van der Waals surface area contributed by atoms with Gasteiger partial charge in [0.15, 0.2) is 5.82 Å². The lowest BCUT2D eigenvalue weighted by Crippen LogP contribution is -1.82. The summed E-state index contributed by atoms with van der Waals surface area (Å²) in [7, 11) is 0. The molecule has 3 aromatic rings. The van der Waals surface area contributed by atoms with E-state index in [1.807, 2.05) is 54.6 Å². The number of benzene rings is 1. The second-order valence-electron chi connectivity index (χ2n) is 4.64. The minimum Gasteiger partial charge on any atom is -0.281 e.